The van der Waals surface area contributed by atoms with Crippen LogP contribution in [0.15, 0.2) is 59.5 Å². The zero-order chi connectivity index (χ0) is 18.8. The van der Waals surface area contributed by atoms with Crippen LogP contribution in [0.3, 0.4) is 0 Å². The maximum atomic E-state index is 12.2. The maximum absolute atomic E-state index is 12.2. The van der Waals surface area contributed by atoms with Gasteiger partial charge in [-0.25, -0.2) is 0 Å². The molecule has 4 nitrogen and oxygen atoms in total. The maximum Gasteiger partial charge on any atom is 0.230 e. The number of amides is 1. The largest absolute Gasteiger partial charge is 0.494 e. The average Bonchev–Trinajstić information content (AvgIpc) is 2.65. The second-order valence-corrected chi connectivity index (χ2v) is 7.35. The van der Waals surface area contributed by atoms with Crippen molar-refractivity contribution >= 4 is 17.7 Å². The number of nitrogens with zero attached hydrogens (tertiary/aromatic N) is 1. The number of benzene rings is 2. The number of rotatable bonds is 10. The third kappa shape index (κ3) is 7.10. The summed E-state index contributed by atoms with van der Waals surface area (Å²) in [6.07, 6.45) is 0.917. The van der Waals surface area contributed by atoms with E-state index in [-0.39, 0.29) is 11.9 Å². The monoisotopic (exact) mass is 372 g/mol. The van der Waals surface area contributed by atoms with Gasteiger partial charge >= 0.3 is 0 Å². The molecule has 0 radical (unpaired) electrons. The van der Waals surface area contributed by atoms with Crippen molar-refractivity contribution < 1.29 is 9.53 Å². The van der Waals surface area contributed by atoms with E-state index in [1.165, 1.54) is 17.3 Å². The van der Waals surface area contributed by atoms with Crippen LogP contribution in [0.4, 0.5) is 0 Å². The molecule has 5 heteroatoms. The summed E-state index contributed by atoms with van der Waals surface area (Å²) in [6, 6.07) is 18.5. The Balaban J connectivity index is 1.77. The second kappa shape index (κ2) is 10.9. The second-order valence-electron chi connectivity index (χ2n) is 6.30. The molecule has 1 atom stereocenters. The van der Waals surface area contributed by atoms with E-state index in [9.17, 15) is 4.79 Å². The van der Waals surface area contributed by atoms with Gasteiger partial charge in [-0.1, -0.05) is 30.3 Å². The van der Waals surface area contributed by atoms with Crippen molar-refractivity contribution in [3.8, 4) is 5.75 Å². The average molecular weight is 373 g/mol. The van der Waals surface area contributed by atoms with E-state index >= 15 is 0 Å². The molecular weight excluding hydrogens is 344 g/mol. The van der Waals surface area contributed by atoms with Crippen LogP contribution in [0, 0.1) is 0 Å². The minimum Gasteiger partial charge on any atom is -0.494 e. The Morgan fingerprint density at radius 2 is 1.81 bits per heavy atom. The van der Waals surface area contributed by atoms with Gasteiger partial charge in [-0.3, -0.25) is 4.79 Å². The Morgan fingerprint density at radius 1 is 1.12 bits per heavy atom. The molecule has 0 aliphatic heterocycles. The number of likely N-dealkylation sites (N-methyl/N-ethyl adjacent to an activating group) is 1. The van der Waals surface area contributed by atoms with Gasteiger partial charge in [0.2, 0.25) is 5.91 Å². The van der Waals surface area contributed by atoms with E-state index in [4.69, 9.17) is 4.74 Å². The van der Waals surface area contributed by atoms with Gasteiger partial charge < -0.3 is 15.0 Å². The Kier molecular flexibility index (Phi) is 8.51. The summed E-state index contributed by atoms with van der Waals surface area (Å²) in [5, 5.41) is 3.06. The Hall–Kier alpha value is -1.98. The van der Waals surface area contributed by atoms with Crippen LogP contribution in [-0.4, -0.2) is 49.8 Å². The van der Waals surface area contributed by atoms with Gasteiger partial charge in [-0.2, -0.15) is 0 Å². The van der Waals surface area contributed by atoms with Crippen LogP contribution in [-0.2, 0) is 11.2 Å². The molecule has 0 saturated heterocycles. The lowest BCUT2D eigenvalue weighted by Gasteiger charge is -2.24. The molecule has 1 N–H and O–H groups in total. The molecule has 2 aromatic carbocycles. The fourth-order valence-corrected chi connectivity index (χ4v) is 3.28. The van der Waals surface area contributed by atoms with Gasteiger partial charge in [0.05, 0.1) is 12.4 Å². The number of hydrogen-bond donors (Lipinski definition) is 1. The third-order valence-corrected chi connectivity index (χ3v) is 5.10. The Bertz CT molecular complexity index is 659. The van der Waals surface area contributed by atoms with Crippen LogP contribution in [0.1, 0.15) is 12.5 Å². The number of hydrogen-bond acceptors (Lipinski definition) is 4. The van der Waals surface area contributed by atoms with E-state index in [0.717, 1.165) is 17.1 Å². The summed E-state index contributed by atoms with van der Waals surface area (Å²) in [7, 11) is 4.10. The van der Waals surface area contributed by atoms with E-state index in [1.54, 1.807) is 0 Å². The summed E-state index contributed by atoms with van der Waals surface area (Å²) in [5.74, 6) is 1.33. The van der Waals surface area contributed by atoms with E-state index < -0.39 is 0 Å². The molecule has 0 aliphatic rings. The van der Waals surface area contributed by atoms with Crippen molar-refractivity contribution in [2.75, 3.05) is 33.0 Å². The van der Waals surface area contributed by atoms with Crippen molar-refractivity contribution in [2.45, 2.75) is 24.3 Å². The smallest absolute Gasteiger partial charge is 0.230 e. The fraction of sp³-hybridized carbons (Fsp3) is 0.381. The van der Waals surface area contributed by atoms with Crippen LogP contribution in [0.2, 0.25) is 0 Å². The lowest BCUT2D eigenvalue weighted by atomic mass is 10.1. The first kappa shape index (κ1) is 20.3. The molecule has 1 amide bonds. The van der Waals surface area contributed by atoms with Gasteiger partial charge in [0, 0.05) is 17.5 Å². The Labute approximate surface area is 160 Å². The molecule has 0 spiro atoms. The van der Waals surface area contributed by atoms with Crippen LogP contribution >= 0.6 is 11.8 Å². The zero-order valence-corrected chi connectivity index (χ0v) is 16.6. The van der Waals surface area contributed by atoms with Gasteiger partial charge in [0.15, 0.2) is 0 Å². The fourth-order valence-electron chi connectivity index (χ4n) is 2.55. The molecule has 1 unspecified atom stereocenters. The number of carbonyl (C=O) groups is 1. The quantitative estimate of drug-likeness (QED) is 0.649. The van der Waals surface area contributed by atoms with Crippen LogP contribution < -0.4 is 10.1 Å². The predicted molar refractivity (Wildman–Crippen MR) is 109 cm³/mol. The molecule has 0 aromatic heterocycles. The minimum atomic E-state index is 0.0591. The molecule has 2 aromatic rings. The van der Waals surface area contributed by atoms with E-state index in [1.807, 2.05) is 49.4 Å². The molecule has 26 heavy (non-hydrogen) atoms. The van der Waals surface area contributed by atoms with E-state index in [2.05, 4.69) is 36.4 Å². The minimum absolute atomic E-state index is 0.0591. The molecular formula is C21H28N2O2S. The number of ether oxygens (including phenoxy) is 1. The lowest BCUT2D eigenvalue weighted by molar-refractivity contribution is -0.118. The molecule has 0 aliphatic carbocycles. The summed E-state index contributed by atoms with van der Waals surface area (Å²) in [6.45, 7) is 3.27. The summed E-state index contributed by atoms with van der Waals surface area (Å²) < 4.78 is 5.43. The van der Waals surface area contributed by atoms with E-state index in [0.29, 0.717) is 18.9 Å². The molecule has 140 valence electrons. The molecule has 0 fully saturated rings. The first-order valence-electron chi connectivity index (χ1n) is 8.91. The zero-order valence-electron chi connectivity index (χ0n) is 15.8. The molecule has 0 heterocycles. The van der Waals surface area contributed by atoms with Gasteiger partial charge in [0.1, 0.15) is 5.75 Å². The standard InChI is InChI=1S/C21H28N2O2S/c1-4-25-19-10-12-20(13-11-19)26-16-21(24)22-15-18(23(2)3)14-17-8-6-5-7-9-17/h5-13,18H,4,14-16H2,1-3H3,(H,22,24). The summed E-state index contributed by atoms with van der Waals surface area (Å²) >= 11 is 1.54. The van der Waals surface area contributed by atoms with Crippen molar-refractivity contribution in [2.24, 2.45) is 0 Å². The summed E-state index contributed by atoms with van der Waals surface area (Å²) in [4.78, 5) is 15.4. The van der Waals surface area contributed by atoms with Gasteiger partial charge in [0.25, 0.3) is 0 Å². The van der Waals surface area contributed by atoms with Crippen LogP contribution in [0.5, 0.6) is 5.75 Å². The van der Waals surface area contributed by atoms with Crippen molar-refractivity contribution in [3.63, 3.8) is 0 Å². The van der Waals surface area contributed by atoms with Crippen molar-refractivity contribution in [1.82, 2.24) is 10.2 Å². The molecule has 0 bridgehead atoms. The van der Waals surface area contributed by atoms with Crippen molar-refractivity contribution in [3.05, 3.63) is 60.2 Å². The molecule has 2 rings (SSSR count). The Morgan fingerprint density at radius 3 is 2.42 bits per heavy atom. The predicted octanol–water partition coefficient (Wildman–Crippen LogP) is 3.47. The number of carbonyl (C=O) groups excluding carboxylic acids is 1. The topological polar surface area (TPSA) is 41.6 Å². The lowest BCUT2D eigenvalue weighted by Crippen LogP contribution is -2.42. The number of nitrogens with one attached hydrogen (secondary N) is 1. The normalized spacial score (nSPS) is 12.0. The molecule has 0 saturated carbocycles. The SMILES string of the molecule is CCOc1ccc(SCC(=O)NCC(Cc2ccccc2)N(C)C)cc1. The number of thioether (sulfide) groups is 1. The first-order valence-corrected chi connectivity index (χ1v) is 9.89. The highest BCUT2D eigenvalue weighted by atomic mass is 32.2. The summed E-state index contributed by atoms with van der Waals surface area (Å²) in [5.41, 5.74) is 1.28. The van der Waals surface area contributed by atoms with Crippen molar-refractivity contribution in [1.29, 1.82) is 0 Å². The first-order chi connectivity index (χ1) is 12.6. The van der Waals surface area contributed by atoms with Crippen LogP contribution in [0.25, 0.3) is 0 Å². The van der Waals surface area contributed by atoms with Gasteiger partial charge in [-0.05, 0) is 57.3 Å². The highest BCUT2D eigenvalue weighted by molar-refractivity contribution is 8.00. The van der Waals surface area contributed by atoms with Gasteiger partial charge in [-0.15, -0.1) is 11.8 Å². The highest BCUT2D eigenvalue weighted by Gasteiger charge is 2.13. The highest BCUT2D eigenvalue weighted by Crippen LogP contribution is 2.21. The third-order valence-electron chi connectivity index (χ3n) is 4.08.